The van der Waals surface area contributed by atoms with E-state index in [1.807, 2.05) is 0 Å². The van der Waals surface area contributed by atoms with Crippen LogP contribution >= 0.6 is 0 Å². The zero-order chi connectivity index (χ0) is 17.3. The predicted octanol–water partition coefficient (Wildman–Crippen LogP) is 0.750. The zero-order valence-electron chi connectivity index (χ0n) is 13.2. The fraction of sp³-hybridized carbons (Fsp3) is 0.714. The van der Waals surface area contributed by atoms with Crippen molar-refractivity contribution in [3.63, 3.8) is 0 Å². The fourth-order valence-electron chi connectivity index (χ4n) is 3.65. The molecular formula is C14H20N4O5S. The highest BCUT2D eigenvalue weighted by atomic mass is 32.2. The van der Waals surface area contributed by atoms with Crippen molar-refractivity contribution in [1.29, 1.82) is 0 Å². The summed E-state index contributed by atoms with van der Waals surface area (Å²) in [6.45, 7) is -0.0616. The lowest BCUT2D eigenvalue weighted by Crippen LogP contribution is -2.48. The molecule has 2 fully saturated rings. The largest absolute Gasteiger partial charge is 0.381 e. The third kappa shape index (κ3) is 3.58. The normalized spacial score (nSPS) is 23.4. The summed E-state index contributed by atoms with van der Waals surface area (Å²) in [5.74, 6) is -0.376. The quantitative estimate of drug-likeness (QED) is 0.568. The number of hydrogen-bond donors (Lipinski definition) is 0. The maximum absolute atomic E-state index is 12.8. The molecule has 0 N–H and O–H groups in total. The first kappa shape index (κ1) is 16.9. The van der Waals surface area contributed by atoms with E-state index in [0.717, 1.165) is 25.7 Å². The molecule has 1 atom stereocenters. The molecule has 2 aliphatic rings. The molecule has 9 nitrogen and oxygen atoms in total. The standard InChI is InChI=1S/C14H20N4O5S/c19-14(8-16-7-13(15-10-16)18(20)21)17(11-3-1-2-4-11)12-5-6-24(22,23)9-12/h7,10-12H,1-6,8-9H2. The average molecular weight is 356 g/mol. The van der Waals surface area contributed by atoms with Gasteiger partial charge in [-0.15, -0.1) is 0 Å². The number of aromatic nitrogens is 2. The molecule has 2 heterocycles. The van der Waals surface area contributed by atoms with Crippen LogP contribution in [-0.2, 0) is 21.2 Å². The van der Waals surface area contributed by atoms with Gasteiger partial charge in [0.15, 0.2) is 9.84 Å². The van der Waals surface area contributed by atoms with E-state index in [1.54, 1.807) is 4.90 Å². The topological polar surface area (TPSA) is 115 Å². The summed E-state index contributed by atoms with van der Waals surface area (Å²) in [4.78, 5) is 28.2. The Hall–Kier alpha value is -1.97. The van der Waals surface area contributed by atoms with Crippen molar-refractivity contribution in [3.8, 4) is 0 Å². The highest BCUT2D eigenvalue weighted by Gasteiger charge is 2.39. The molecule has 0 bridgehead atoms. The van der Waals surface area contributed by atoms with Gasteiger partial charge < -0.3 is 19.6 Å². The number of sulfone groups is 1. The van der Waals surface area contributed by atoms with Gasteiger partial charge >= 0.3 is 5.82 Å². The van der Waals surface area contributed by atoms with Gasteiger partial charge in [-0.2, -0.15) is 0 Å². The predicted molar refractivity (Wildman–Crippen MR) is 85.0 cm³/mol. The number of hydrogen-bond acceptors (Lipinski definition) is 6. The van der Waals surface area contributed by atoms with Gasteiger partial charge in [0.25, 0.3) is 0 Å². The number of nitro groups is 1. The van der Waals surface area contributed by atoms with Gasteiger partial charge in [-0.25, -0.2) is 8.42 Å². The van der Waals surface area contributed by atoms with Crippen molar-refractivity contribution in [1.82, 2.24) is 14.5 Å². The monoisotopic (exact) mass is 356 g/mol. The third-order valence-corrected chi connectivity index (χ3v) is 6.48. The lowest BCUT2D eigenvalue weighted by molar-refractivity contribution is -0.389. The summed E-state index contributed by atoms with van der Waals surface area (Å²) in [6.07, 6.45) is 6.77. The molecule has 3 rings (SSSR count). The first-order chi connectivity index (χ1) is 11.4. The van der Waals surface area contributed by atoms with E-state index in [1.165, 1.54) is 17.1 Å². The number of imidazole rings is 1. The van der Waals surface area contributed by atoms with Crippen LogP contribution in [-0.4, -0.2) is 57.3 Å². The average Bonchev–Trinajstić information content (AvgIpc) is 3.21. The Morgan fingerprint density at radius 3 is 2.58 bits per heavy atom. The maximum atomic E-state index is 12.8. The Bertz CT molecular complexity index is 738. The van der Waals surface area contributed by atoms with E-state index in [0.29, 0.717) is 6.42 Å². The Kier molecular flexibility index (Phi) is 4.57. The molecule has 10 heteroatoms. The first-order valence-corrected chi connectivity index (χ1v) is 9.85. The summed E-state index contributed by atoms with van der Waals surface area (Å²) >= 11 is 0. The number of amides is 1. The number of nitrogens with zero attached hydrogens (tertiary/aromatic N) is 4. The van der Waals surface area contributed by atoms with E-state index < -0.39 is 14.8 Å². The Balaban J connectivity index is 1.76. The van der Waals surface area contributed by atoms with Crippen molar-refractivity contribution < 1.29 is 18.1 Å². The van der Waals surface area contributed by atoms with Crippen LogP contribution in [0.4, 0.5) is 5.82 Å². The number of carbonyl (C=O) groups excluding carboxylic acids is 1. The van der Waals surface area contributed by atoms with Gasteiger partial charge in [0.2, 0.25) is 12.2 Å². The van der Waals surface area contributed by atoms with Crippen molar-refractivity contribution in [2.45, 2.75) is 50.7 Å². The molecule has 1 aromatic rings. The smallest absolute Gasteiger partial charge is 0.358 e. The molecular weight excluding hydrogens is 336 g/mol. The lowest BCUT2D eigenvalue weighted by atomic mass is 10.1. The Morgan fingerprint density at radius 1 is 1.33 bits per heavy atom. The van der Waals surface area contributed by atoms with Crippen LogP contribution in [0.3, 0.4) is 0 Å². The third-order valence-electron chi connectivity index (χ3n) is 4.73. The summed E-state index contributed by atoms with van der Waals surface area (Å²) in [5.41, 5.74) is 0. The van der Waals surface area contributed by atoms with E-state index >= 15 is 0 Å². The van der Waals surface area contributed by atoms with Crippen LogP contribution in [0.15, 0.2) is 12.5 Å². The zero-order valence-corrected chi connectivity index (χ0v) is 14.0. The second-order valence-electron chi connectivity index (χ2n) is 6.46. The molecule has 132 valence electrons. The van der Waals surface area contributed by atoms with Gasteiger partial charge in [-0.3, -0.25) is 4.79 Å². The van der Waals surface area contributed by atoms with Gasteiger partial charge in [-0.05, 0) is 29.2 Å². The minimum atomic E-state index is -3.09. The van der Waals surface area contributed by atoms with E-state index in [2.05, 4.69) is 4.98 Å². The summed E-state index contributed by atoms with van der Waals surface area (Å²) < 4.78 is 25.0. The van der Waals surface area contributed by atoms with Crippen molar-refractivity contribution in [2.75, 3.05) is 11.5 Å². The van der Waals surface area contributed by atoms with E-state index in [4.69, 9.17) is 0 Å². The molecule has 24 heavy (non-hydrogen) atoms. The van der Waals surface area contributed by atoms with Crippen molar-refractivity contribution in [3.05, 3.63) is 22.6 Å². The van der Waals surface area contributed by atoms with Crippen LogP contribution in [0.5, 0.6) is 0 Å². The van der Waals surface area contributed by atoms with Gasteiger partial charge in [0, 0.05) is 12.1 Å². The number of carbonyl (C=O) groups is 1. The summed E-state index contributed by atoms with van der Waals surface area (Å²) in [7, 11) is -3.09. The first-order valence-electron chi connectivity index (χ1n) is 8.03. The summed E-state index contributed by atoms with van der Waals surface area (Å²) in [5, 5.41) is 10.7. The highest BCUT2D eigenvalue weighted by Crippen LogP contribution is 2.29. The van der Waals surface area contributed by atoms with Gasteiger partial charge in [-0.1, -0.05) is 12.8 Å². The van der Waals surface area contributed by atoms with Crippen molar-refractivity contribution in [2.24, 2.45) is 0 Å². The van der Waals surface area contributed by atoms with E-state index in [9.17, 15) is 23.3 Å². The van der Waals surface area contributed by atoms with Crippen LogP contribution in [0.1, 0.15) is 32.1 Å². The molecule has 0 radical (unpaired) electrons. The molecule has 1 unspecified atom stereocenters. The second kappa shape index (κ2) is 6.50. The molecule has 1 aliphatic heterocycles. The SMILES string of the molecule is O=C(Cn1cnc([N+](=O)[O-])c1)N(C1CCCC1)C1CCS(=O)(=O)C1. The van der Waals surface area contributed by atoms with Crippen LogP contribution < -0.4 is 0 Å². The van der Waals surface area contributed by atoms with Gasteiger partial charge in [0.05, 0.1) is 11.5 Å². The fourth-order valence-corrected chi connectivity index (χ4v) is 5.36. The van der Waals surface area contributed by atoms with Crippen LogP contribution in [0, 0.1) is 10.1 Å². The minimum Gasteiger partial charge on any atom is -0.358 e. The highest BCUT2D eigenvalue weighted by molar-refractivity contribution is 7.91. The minimum absolute atomic E-state index is 0.0132. The molecule has 1 aromatic heterocycles. The Labute approximate surface area is 139 Å². The van der Waals surface area contributed by atoms with Gasteiger partial charge in [0.1, 0.15) is 12.7 Å². The number of rotatable bonds is 5. The molecule has 1 saturated carbocycles. The molecule has 0 aromatic carbocycles. The summed E-state index contributed by atoms with van der Waals surface area (Å²) in [6, 6.07) is -0.224. The maximum Gasteiger partial charge on any atom is 0.381 e. The van der Waals surface area contributed by atoms with Crippen molar-refractivity contribution >= 4 is 21.6 Å². The van der Waals surface area contributed by atoms with Crippen LogP contribution in [0.2, 0.25) is 0 Å². The molecule has 1 amide bonds. The lowest BCUT2D eigenvalue weighted by Gasteiger charge is -2.34. The second-order valence-corrected chi connectivity index (χ2v) is 8.69. The molecule has 1 aliphatic carbocycles. The van der Waals surface area contributed by atoms with E-state index in [-0.39, 0.29) is 41.9 Å². The molecule has 0 spiro atoms. The Morgan fingerprint density at radius 2 is 2.04 bits per heavy atom. The van der Waals surface area contributed by atoms with Crippen LogP contribution in [0.25, 0.3) is 0 Å². The molecule has 1 saturated heterocycles.